The molecule has 2 rings (SSSR count). The fourth-order valence-corrected chi connectivity index (χ4v) is 6.01. The van der Waals surface area contributed by atoms with Crippen molar-refractivity contribution in [3.05, 3.63) is 22.4 Å². The first-order chi connectivity index (χ1) is 11.1. The Morgan fingerprint density at radius 2 is 2.17 bits per heavy atom. The van der Waals surface area contributed by atoms with E-state index in [0.29, 0.717) is 13.0 Å². The lowest BCUT2D eigenvalue weighted by Gasteiger charge is -2.33. The van der Waals surface area contributed by atoms with E-state index in [4.69, 9.17) is 0 Å². The molecule has 1 aliphatic heterocycles. The SMILES string of the molecule is CCN(C(=O)CNC(c1cccs1)C(C)(C)C)C1CCS(=O)(=O)C1. The third-order valence-corrected chi connectivity index (χ3v) is 7.15. The fraction of sp³-hybridized carbons (Fsp3) is 0.706. The van der Waals surface area contributed by atoms with Crippen molar-refractivity contribution in [1.82, 2.24) is 10.2 Å². The topological polar surface area (TPSA) is 66.5 Å². The maximum atomic E-state index is 12.6. The molecular formula is C17H28N2O3S2. The van der Waals surface area contributed by atoms with E-state index in [1.165, 1.54) is 4.88 Å². The molecule has 1 aromatic rings. The van der Waals surface area contributed by atoms with E-state index in [0.717, 1.165) is 0 Å². The number of amides is 1. The molecule has 0 saturated carbocycles. The van der Waals surface area contributed by atoms with E-state index in [2.05, 4.69) is 32.2 Å². The zero-order chi connectivity index (χ0) is 18.0. The van der Waals surface area contributed by atoms with Gasteiger partial charge in [-0.15, -0.1) is 11.3 Å². The minimum atomic E-state index is -2.99. The van der Waals surface area contributed by atoms with Crippen LogP contribution < -0.4 is 5.32 Å². The molecule has 1 aromatic heterocycles. The van der Waals surface area contributed by atoms with Gasteiger partial charge in [0.05, 0.1) is 18.1 Å². The molecule has 136 valence electrons. The summed E-state index contributed by atoms with van der Waals surface area (Å²) >= 11 is 1.68. The summed E-state index contributed by atoms with van der Waals surface area (Å²) in [6.07, 6.45) is 0.551. The predicted octanol–water partition coefficient (Wildman–Crippen LogP) is 2.46. The van der Waals surface area contributed by atoms with Gasteiger partial charge in [0.25, 0.3) is 0 Å². The van der Waals surface area contributed by atoms with Crippen molar-refractivity contribution in [3.63, 3.8) is 0 Å². The van der Waals surface area contributed by atoms with Gasteiger partial charge in [-0.2, -0.15) is 0 Å². The van der Waals surface area contributed by atoms with Crippen LogP contribution in [0.1, 0.15) is 45.0 Å². The number of carbonyl (C=O) groups is 1. The van der Waals surface area contributed by atoms with Gasteiger partial charge in [-0.05, 0) is 30.2 Å². The smallest absolute Gasteiger partial charge is 0.236 e. The predicted molar refractivity (Wildman–Crippen MR) is 99.0 cm³/mol. The Kier molecular flexibility index (Phi) is 6.09. The zero-order valence-electron chi connectivity index (χ0n) is 14.9. The molecule has 1 fully saturated rings. The van der Waals surface area contributed by atoms with Gasteiger partial charge in [0.1, 0.15) is 0 Å². The average Bonchev–Trinajstić information content (AvgIpc) is 3.08. The molecule has 2 unspecified atom stereocenters. The molecule has 0 aromatic carbocycles. The summed E-state index contributed by atoms with van der Waals surface area (Å²) in [6, 6.07) is 4.01. The molecule has 24 heavy (non-hydrogen) atoms. The van der Waals surface area contributed by atoms with E-state index in [1.807, 2.05) is 18.4 Å². The van der Waals surface area contributed by atoms with E-state index in [9.17, 15) is 13.2 Å². The lowest BCUT2D eigenvalue weighted by Crippen LogP contribution is -2.46. The van der Waals surface area contributed by atoms with Crippen LogP contribution in [-0.2, 0) is 14.6 Å². The molecule has 1 N–H and O–H groups in total. The summed E-state index contributed by atoms with van der Waals surface area (Å²) in [7, 11) is -2.99. The largest absolute Gasteiger partial charge is 0.338 e. The number of rotatable bonds is 6. The fourth-order valence-electron chi connectivity index (χ4n) is 3.24. The van der Waals surface area contributed by atoms with Crippen LogP contribution in [0.15, 0.2) is 17.5 Å². The van der Waals surface area contributed by atoms with Gasteiger partial charge in [0, 0.05) is 23.5 Å². The molecular weight excluding hydrogens is 344 g/mol. The van der Waals surface area contributed by atoms with Gasteiger partial charge in [-0.1, -0.05) is 26.8 Å². The quantitative estimate of drug-likeness (QED) is 0.833. The van der Waals surface area contributed by atoms with Crippen molar-refractivity contribution in [2.24, 2.45) is 5.41 Å². The molecule has 0 spiro atoms. The van der Waals surface area contributed by atoms with Crippen LogP contribution >= 0.6 is 11.3 Å². The van der Waals surface area contributed by atoms with Crippen LogP contribution in [0.3, 0.4) is 0 Å². The average molecular weight is 373 g/mol. The van der Waals surface area contributed by atoms with Gasteiger partial charge < -0.3 is 10.2 Å². The molecule has 1 amide bonds. The Bertz CT molecular complexity index is 648. The molecule has 7 heteroatoms. The maximum Gasteiger partial charge on any atom is 0.236 e. The molecule has 2 heterocycles. The highest BCUT2D eigenvalue weighted by Crippen LogP contribution is 2.35. The molecule has 0 radical (unpaired) electrons. The molecule has 1 saturated heterocycles. The highest BCUT2D eigenvalue weighted by atomic mass is 32.2. The second-order valence-corrected chi connectivity index (χ2v) is 10.6. The Labute approximate surface area is 149 Å². The van der Waals surface area contributed by atoms with Crippen molar-refractivity contribution >= 4 is 27.1 Å². The Morgan fingerprint density at radius 1 is 1.46 bits per heavy atom. The number of carbonyl (C=O) groups excluding carboxylic acids is 1. The number of nitrogens with one attached hydrogen (secondary N) is 1. The lowest BCUT2D eigenvalue weighted by atomic mass is 9.86. The third-order valence-electron chi connectivity index (χ3n) is 4.46. The minimum Gasteiger partial charge on any atom is -0.338 e. The third kappa shape index (κ3) is 4.80. The van der Waals surface area contributed by atoms with Crippen molar-refractivity contribution in [3.8, 4) is 0 Å². The Hall–Kier alpha value is -0.920. The van der Waals surface area contributed by atoms with E-state index in [-0.39, 0.29) is 41.5 Å². The van der Waals surface area contributed by atoms with Gasteiger partial charge in [0.2, 0.25) is 5.91 Å². The summed E-state index contributed by atoms with van der Waals surface area (Å²) in [4.78, 5) is 15.6. The zero-order valence-corrected chi connectivity index (χ0v) is 16.5. The Balaban J connectivity index is 2.02. The van der Waals surface area contributed by atoms with Crippen LogP contribution in [0.5, 0.6) is 0 Å². The Morgan fingerprint density at radius 3 is 2.62 bits per heavy atom. The van der Waals surface area contributed by atoms with Crippen molar-refractivity contribution < 1.29 is 13.2 Å². The molecule has 2 atom stereocenters. The van der Waals surface area contributed by atoms with Gasteiger partial charge in [-0.3, -0.25) is 4.79 Å². The first-order valence-corrected chi connectivity index (χ1v) is 11.1. The van der Waals surface area contributed by atoms with Crippen LogP contribution in [0.2, 0.25) is 0 Å². The number of sulfone groups is 1. The monoisotopic (exact) mass is 372 g/mol. The molecule has 0 bridgehead atoms. The van der Waals surface area contributed by atoms with Crippen LogP contribution in [0.25, 0.3) is 0 Å². The summed E-state index contributed by atoms with van der Waals surface area (Å²) in [5, 5.41) is 5.43. The van der Waals surface area contributed by atoms with Gasteiger partial charge >= 0.3 is 0 Å². The van der Waals surface area contributed by atoms with Crippen molar-refractivity contribution in [2.75, 3.05) is 24.6 Å². The highest BCUT2D eigenvalue weighted by molar-refractivity contribution is 7.91. The summed E-state index contributed by atoms with van der Waals surface area (Å²) in [5.74, 6) is 0.264. The van der Waals surface area contributed by atoms with E-state index >= 15 is 0 Å². The minimum absolute atomic E-state index is 0.0150. The molecule has 1 aliphatic rings. The number of nitrogens with zero attached hydrogens (tertiary/aromatic N) is 1. The standard InChI is InChI=1S/C17H28N2O3S2/c1-5-19(13-8-10-24(21,22)12-13)15(20)11-18-16(17(2,3)4)14-7-6-9-23-14/h6-7,9,13,16,18H,5,8,10-12H2,1-4H3. The van der Waals surface area contributed by atoms with E-state index in [1.54, 1.807) is 16.2 Å². The first-order valence-electron chi connectivity index (χ1n) is 8.40. The van der Waals surface area contributed by atoms with E-state index < -0.39 is 9.84 Å². The maximum absolute atomic E-state index is 12.6. The van der Waals surface area contributed by atoms with Crippen LogP contribution in [0.4, 0.5) is 0 Å². The highest BCUT2D eigenvalue weighted by Gasteiger charge is 2.34. The van der Waals surface area contributed by atoms with Gasteiger partial charge in [0.15, 0.2) is 9.84 Å². The van der Waals surface area contributed by atoms with Crippen molar-refractivity contribution in [1.29, 1.82) is 0 Å². The van der Waals surface area contributed by atoms with Crippen molar-refractivity contribution in [2.45, 2.75) is 46.2 Å². The lowest BCUT2D eigenvalue weighted by molar-refractivity contribution is -0.132. The summed E-state index contributed by atoms with van der Waals surface area (Å²) in [5.41, 5.74) is -0.0150. The number of thiophene rings is 1. The van der Waals surface area contributed by atoms with Crippen LogP contribution in [-0.4, -0.2) is 49.9 Å². The first kappa shape index (κ1) is 19.4. The second-order valence-electron chi connectivity index (χ2n) is 7.43. The number of hydrogen-bond acceptors (Lipinski definition) is 5. The molecule has 0 aliphatic carbocycles. The second kappa shape index (κ2) is 7.54. The summed E-state index contributed by atoms with van der Waals surface area (Å²) in [6.45, 7) is 9.12. The summed E-state index contributed by atoms with van der Waals surface area (Å²) < 4.78 is 23.4. The number of likely N-dealkylation sites (N-methyl/N-ethyl adjacent to an activating group) is 1. The van der Waals surface area contributed by atoms with Crippen LogP contribution in [0, 0.1) is 5.41 Å². The normalized spacial score (nSPS) is 21.6. The molecule has 5 nitrogen and oxygen atoms in total. The van der Waals surface area contributed by atoms with Gasteiger partial charge in [-0.25, -0.2) is 8.42 Å². The number of hydrogen-bond donors (Lipinski definition) is 1.